The normalized spacial score (nSPS) is 12.5. The summed E-state index contributed by atoms with van der Waals surface area (Å²) in [6.45, 7) is 9.92. The number of carbonyl (C=O) groups excluding carboxylic acids is 1. The van der Waals surface area contributed by atoms with Crippen LogP contribution in [0.25, 0.3) is 0 Å². The van der Waals surface area contributed by atoms with Crippen LogP contribution in [0.3, 0.4) is 0 Å². The highest BCUT2D eigenvalue weighted by Crippen LogP contribution is 2.24. The number of ether oxygens (including phenoxy) is 2. The molecule has 25 heavy (non-hydrogen) atoms. The highest BCUT2D eigenvalue weighted by Gasteiger charge is 2.21. The van der Waals surface area contributed by atoms with Crippen molar-refractivity contribution in [3.8, 4) is 5.75 Å². The van der Waals surface area contributed by atoms with Crippen molar-refractivity contribution in [3.05, 3.63) is 23.8 Å². The van der Waals surface area contributed by atoms with Crippen molar-refractivity contribution in [3.63, 3.8) is 0 Å². The maximum atomic E-state index is 11.9. The lowest BCUT2D eigenvalue weighted by atomic mass is 10.0. The fraction of sp³-hybridized carbons (Fsp3) is 0.600. The third-order valence-electron chi connectivity index (χ3n) is 3.61. The summed E-state index contributed by atoms with van der Waals surface area (Å²) in [6.07, 6.45) is 3.49. The van der Waals surface area contributed by atoms with E-state index in [1.165, 1.54) is 0 Å². The number of nitrogens with two attached hydrogens (primary N) is 1. The zero-order valence-electron chi connectivity index (χ0n) is 16.1. The number of hydrogen-bond donors (Lipinski definition) is 2. The Labute approximate surface area is 151 Å². The Morgan fingerprint density at radius 1 is 1.32 bits per heavy atom. The minimum absolute atomic E-state index is 0.0233. The van der Waals surface area contributed by atoms with Crippen molar-refractivity contribution in [1.29, 1.82) is 5.41 Å². The van der Waals surface area contributed by atoms with Crippen LogP contribution in [-0.4, -0.2) is 23.9 Å². The van der Waals surface area contributed by atoms with Gasteiger partial charge in [-0.05, 0) is 51.2 Å². The number of nitrogens with one attached hydrogen (secondary N) is 1. The molecule has 0 spiro atoms. The predicted molar refractivity (Wildman–Crippen MR) is 102 cm³/mol. The fourth-order valence-electron chi connectivity index (χ4n) is 2.34. The molecule has 1 aromatic rings. The molecule has 0 radical (unpaired) electrons. The van der Waals surface area contributed by atoms with Gasteiger partial charge in [0.05, 0.1) is 6.61 Å². The summed E-state index contributed by atoms with van der Waals surface area (Å²) in [4.78, 5) is 11.9. The van der Waals surface area contributed by atoms with Gasteiger partial charge in [-0.3, -0.25) is 5.41 Å². The Hall–Kier alpha value is -2.04. The number of aryl methyl sites for hydroxylation is 1. The fourth-order valence-corrected chi connectivity index (χ4v) is 2.34. The second-order valence-corrected chi connectivity index (χ2v) is 7.57. The molecule has 0 aliphatic heterocycles. The summed E-state index contributed by atoms with van der Waals surface area (Å²) in [5.74, 6) is 0.261. The molecule has 0 bridgehead atoms. The molecule has 0 fully saturated rings. The molecule has 1 unspecified atom stereocenters. The standard InChI is InChI=1S/C20H32N2O3/c1-6-7-8-15-9-10-16(21)12-18(15)24-13-14(2)11-17(22)19(23)25-20(3,4)5/h9-10,12,14,22H,6-8,11,13,21H2,1-5H3. The molecule has 5 nitrogen and oxygen atoms in total. The predicted octanol–water partition coefficient (Wildman–Crippen LogP) is 4.38. The van der Waals surface area contributed by atoms with E-state index in [0.29, 0.717) is 18.7 Å². The van der Waals surface area contributed by atoms with Gasteiger partial charge in [0.2, 0.25) is 0 Å². The van der Waals surface area contributed by atoms with Gasteiger partial charge < -0.3 is 15.2 Å². The van der Waals surface area contributed by atoms with E-state index in [1.807, 2.05) is 25.1 Å². The Bertz CT molecular complexity index is 591. The molecule has 0 heterocycles. The van der Waals surface area contributed by atoms with E-state index in [2.05, 4.69) is 6.92 Å². The van der Waals surface area contributed by atoms with E-state index < -0.39 is 11.6 Å². The number of nitrogen functional groups attached to an aromatic ring is 1. The summed E-state index contributed by atoms with van der Waals surface area (Å²) in [5, 5.41) is 7.91. The van der Waals surface area contributed by atoms with Crippen LogP contribution in [0, 0.1) is 11.3 Å². The van der Waals surface area contributed by atoms with Crippen molar-refractivity contribution in [2.24, 2.45) is 5.92 Å². The molecule has 0 aliphatic carbocycles. The monoisotopic (exact) mass is 348 g/mol. The summed E-state index contributed by atoms with van der Waals surface area (Å²) in [7, 11) is 0. The molecular weight excluding hydrogens is 316 g/mol. The van der Waals surface area contributed by atoms with Gasteiger partial charge in [0.25, 0.3) is 0 Å². The zero-order valence-corrected chi connectivity index (χ0v) is 16.1. The molecule has 1 aromatic carbocycles. The maximum absolute atomic E-state index is 11.9. The third-order valence-corrected chi connectivity index (χ3v) is 3.61. The molecule has 0 aromatic heterocycles. The zero-order chi connectivity index (χ0) is 19.0. The minimum Gasteiger partial charge on any atom is -0.493 e. The van der Waals surface area contributed by atoms with Crippen LogP contribution in [-0.2, 0) is 16.0 Å². The summed E-state index contributed by atoms with van der Waals surface area (Å²) >= 11 is 0. The largest absolute Gasteiger partial charge is 0.493 e. The number of benzene rings is 1. The topological polar surface area (TPSA) is 85.4 Å². The van der Waals surface area contributed by atoms with Gasteiger partial charge in [0.15, 0.2) is 0 Å². The Balaban J connectivity index is 2.58. The lowest BCUT2D eigenvalue weighted by molar-refractivity contribution is -0.146. The highest BCUT2D eigenvalue weighted by atomic mass is 16.6. The summed E-state index contributed by atoms with van der Waals surface area (Å²) in [6, 6.07) is 5.74. The molecule has 1 rings (SSSR count). The Kier molecular flexibility index (Phi) is 7.94. The maximum Gasteiger partial charge on any atom is 0.352 e. The van der Waals surface area contributed by atoms with Gasteiger partial charge >= 0.3 is 5.97 Å². The molecule has 0 saturated heterocycles. The van der Waals surface area contributed by atoms with Gasteiger partial charge in [-0.15, -0.1) is 0 Å². The number of hydrogen-bond acceptors (Lipinski definition) is 5. The van der Waals surface area contributed by atoms with Crippen LogP contribution in [0.4, 0.5) is 5.69 Å². The van der Waals surface area contributed by atoms with Crippen molar-refractivity contribution in [2.75, 3.05) is 12.3 Å². The quantitative estimate of drug-likeness (QED) is 0.394. The molecular formula is C20H32N2O3. The molecule has 5 heteroatoms. The van der Waals surface area contributed by atoms with Gasteiger partial charge in [0, 0.05) is 18.2 Å². The van der Waals surface area contributed by atoms with Crippen LogP contribution < -0.4 is 10.5 Å². The van der Waals surface area contributed by atoms with Gasteiger partial charge in [-0.25, -0.2) is 4.79 Å². The van der Waals surface area contributed by atoms with Crippen LogP contribution in [0.15, 0.2) is 18.2 Å². The first kappa shape index (κ1) is 21.0. The first-order chi connectivity index (χ1) is 11.6. The number of carbonyl (C=O) groups is 1. The van der Waals surface area contributed by atoms with Crippen molar-refractivity contribution in [2.45, 2.75) is 65.9 Å². The number of esters is 1. The Morgan fingerprint density at radius 2 is 2.00 bits per heavy atom. The third kappa shape index (κ3) is 8.05. The molecule has 1 atom stereocenters. The second-order valence-electron chi connectivity index (χ2n) is 7.57. The van der Waals surface area contributed by atoms with Crippen LogP contribution in [0.1, 0.15) is 59.4 Å². The molecule has 0 amide bonds. The van der Waals surface area contributed by atoms with Crippen LogP contribution in [0.5, 0.6) is 5.75 Å². The van der Waals surface area contributed by atoms with Crippen molar-refractivity contribution < 1.29 is 14.3 Å². The first-order valence-electron chi connectivity index (χ1n) is 8.94. The number of rotatable bonds is 9. The molecule has 140 valence electrons. The van der Waals surface area contributed by atoms with Gasteiger partial charge in [-0.2, -0.15) is 0 Å². The summed E-state index contributed by atoms with van der Waals surface area (Å²) < 4.78 is 11.2. The molecule has 0 aliphatic rings. The first-order valence-corrected chi connectivity index (χ1v) is 8.94. The molecule has 0 saturated carbocycles. The second kappa shape index (κ2) is 9.44. The van der Waals surface area contributed by atoms with Gasteiger partial charge in [0.1, 0.15) is 17.1 Å². The lowest BCUT2D eigenvalue weighted by Gasteiger charge is -2.21. The SMILES string of the molecule is CCCCc1ccc(N)cc1OCC(C)CC(=N)C(=O)OC(C)(C)C. The highest BCUT2D eigenvalue weighted by molar-refractivity contribution is 6.35. The van der Waals surface area contributed by atoms with Crippen LogP contribution in [0.2, 0.25) is 0 Å². The van der Waals surface area contributed by atoms with E-state index in [4.69, 9.17) is 20.6 Å². The average molecular weight is 348 g/mol. The average Bonchev–Trinajstić information content (AvgIpc) is 2.50. The Morgan fingerprint density at radius 3 is 2.60 bits per heavy atom. The number of unbranched alkanes of at least 4 members (excludes halogenated alkanes) is 1. The van der Waals surface area contributed by atoms with Crippen LogP contribution >= 0.6 is 0 Å². The van der Waals surface area contributed by atoms with E-state index in [-0.39, 0.29) is 11.6 Å². The van der Waals surface area contributed by atoms with E-state index in [9.17, 15) is 4.79 Å². The smallest absolute Gasteiger partial charge is 0.352 e. The minimum atomic E-state index is -0.584. The van der Waals surface area contributed by atoms with E-state index >= 15 is 0 Å². The van der Waals surface area contributed by atoms with Gasteiger partial charge in [-0.1, -0.05) is 26.3 Å². The number of anilines is 1. The molecule has 3 N–H and O–H groups in total. The van der Waals surface area contributed by atoms with E-state index in [0.717, 1.165) is 30.6 Å². The van der Waals surface area contributed by atoms with Crippen molar-refractivity contribution in [1.82, 2.24) is 0 Å². The lowest BCUT2D eigenvalue weighted by Crippen LogP contribution is -2.30. The summed E-state index contributed by atoms with van der Waals surface area (Å²) in [5.41, 5.74) is 7.07. The van der Waals surface area contributed by atoms with E-state index in [1.54, 1.807) is 20.8 Å². The van der Waals surface area contributed by atoms with Crippen molar-refractivity contribution >= 4 is 17.4 Å².